The van der Waals surface area contributed by atoms with Gasteiger partial charge in [0.1, 0.15) is 33.3 Å². The maximum Gasteiger partial charge on any atom is 0.255 e. The lowest BCUT2D eigenvalue weighted by Gasteiger charge is -2.10. The van der Waals surface area contributed by atoms with E-state index in [9.17, 15) is 35.5 Å². The van der Waals surface area contributed by atoms with Crippen LogP contribution in [-0.2, 0) is 33.3 Å². The van der Waals surface area contributed by atoms with Gasteiger partial charge < -0.3 is 19.7 Å². The molecule has 0 aliphatic carbocycles. The van der Waals surface area contributed by atoms with Crippen molar-refractivity contribution in [2.75, 3.05) is 10.6 Å². The summed E-state index contributed by atoms with van der Waals surface area (Å²) in [7, 11) is -8.54. The summed E-state index contributed by atoms with van der Waals surface area (Å²) in [4.78, 5) is 25.9. The van der Waals surface area contributed by atoms with Gasteiger partial charge in [0.05, 0.1) is 9.79 Å². The maximum absolute atomic E-state index is 13.1. The third-order valence-electron chi connectivity index (χ3n) is 14.4. The van der Waals surface area contributed by atoms with Crippen molar-refractivity contribution in [3.05, 3.63) is 290 Å². The van der Waals surface area contributed by atoms with E-state index in [0.717, 1.165) is 68.7 Å². The number of hydrogen-bond donors (Lipinski definition) is 2. The van der Waals surface area contributed by atoms with Crippen molar-refractivity contribution in [1.29, 1.82) is 0 Å². The molecule has 9 aromatic carbocycles. The van der Waals surface area contributed by atoms with Crippen molar-refractivity contribution in [3.8, 4) is 66.8 Å². The van der Waals surface area contributed by atoms with Crippen molar-refractivity contribution >= 4 is 43.4 Å². The third kappa shape index (κ3) is 16.2. The van der Waals surface area contributed by atoms with Gasteiger partial charge >= 0.3 is 0 Å². The van der Waals surface area contributed by atoms with Crippen molar-refractivity contribution in [1.82, 2.24) is 0 Å². The van der Waals surface area contributed by atoms with Crippen LogP contribution in [0.5, 0.6) is 0 Å². The smallest absolute Gasteiger partial charge is 0.255 e. The Morgan fingerprint density at radius 2 is 0.512 bits per heavy atom. The Hall–Kier alpha value is -9.96. The molecule has 0 radical (unpaired) electrons. The fraction of sp³-hybridized carbons (Fsp3) is 0.0833. The standard InChI is InChI=1S/C58H46N4O2.2C7H8O3S/c1-3-61-37-33-51(34-38-61)47-17-13-43(14-18-47)41-5-9-45(10-6-41)49-25-29-55(30-26-49)59-57(63)53-21-23-54(24-22-53)58(64)60-56-31-27-50(28-32-56)46-11-7-42(8-12-46)44-15-19-48(20-16-44)52-35-39-62(4-2)40-36-52;2*1-6-2-4-7(5-3-6)11(8,9)10/h5-40H,3-4H2,1-2H3;2*2-5H,1H3,(H,8,9,10). The van der Waals surface area contributed by atoms with Crippen LogP contribution in [0, 0.1) is 13.8 Å². The monoisotopic (exact) mass is 1170 g/mol. The van der Waals surface area contributed by atoms with Gasteiger partial charge in [-0.15, -0.1) is 0 Å². The van der Waals surface area contributed by atoms with Crippen molar-refractivity contribution in [3.63, 3.8) is 0 Å². The number of aromatic nitrogens is 2. The number of amides is 2. The Bertz CT molecular complexity index is 4020. The number of nitrogens with one attached hydrogen (secondary N) is 2. The molecule has 86 heavy (non-hydrogen) atoms. The Balaban J connectivity index is 0.000000335. The molecule has 0 unspecified atom stereocenters. The van der Waals surface area contributed by atoms with Gasteiger partial charge in [-0.3, -0.25) is 9.59 Å². The van der Waals surface area contributed by atoms with Crippen LogP contribution < -0.4 is 19.8 Å². The van der Waals surface area contributed by atoms with Crippen LogP contribution >= 0.6 is 0 Å². The van der Waals surface area contributed by atoms with Crippen molar-refractivity contribution in [2.24, 2.45) is 0 Å². The average Bonchev–Trinajstić information content (AvgIpc) is 3.60. The molecule has 0 bridgehead atoms. The molecule has 11 rings (SSSR count). The molecule has 0 atom stereocenters. The summed E-state index contributed by atoms with van der Waals surface area (Å²) < 4.78 is 66.6. The van der Waals surface area contributed by atoms with E-state index in [-0.39, 0.29) is 21.6 Å². The number of aryl methyl sites for hydroxylation is 4. The Morgan fingerprint density at radius 1 is 0.314 bits per heavy atom. The summed E-state index contributed by atoms with van der Waals surface area (Å²) in [5, 5.41) is 5.95. The molecular formula is C72H62N4O8S2. The van der Waals surface area contributed by atoms with Gasteiger partial charge in [-0.25, -0.2) is 26.0 Å². The zero-order chi connectivity index (χ0) is 60.8. The number of benzene rings is 9. The summed E-state index contributed by atoms with van der Waals surface area (Å²) in [6.45, 7) is 9.83. The summed E-state index contributed by atoms with van der Waals surface area (Å²) in [5.74, 6) is -0.498. The van der Waals surface area contributed by atoms with Crippen LogP contribution in [0.1, 0.15) is 45.7 Å². The third-order valence-corrected chi connectivity index (χ3v) is 16.1. The number of rotatable bonds is 14. The number of anilines is 2. The highest BCUT2D eigenvalue weighted by atomic mass is 32.2. The Kier molecular flexibility index (Phi) is 19.5. The van der Waals surface area contributed by atoms with Crippen LogP contribution in [0.25, 0.3) is 66.8 Å². The first kappa shape index (κ1) is 60.6. The molecule has 14 heteroatoms. The first-order valence-corrected chi connectivity index (χ1v) is 30.6. The zero-order valence-corrected chi connectivity index (χ0v) is 49.4. The minimum atomic E-state index is -4.27. The summed E-state index contributed by atoms with van der Waals surface area (Å²) in [5.41, 5.74) is 17.9. The lowest BCUT2D eigenvalue weighted by Crippen LogP contribution is -2.30. The number of carbonyl (C=O) groups is 2. The van der Waals surface area contributed by atoms with E-state index in [1.54, 1.807) is 48.5 Å². The highest BCUT2D eigenvalue weighted by molar-refractivity contribution is 7.86. The summed E-state index contributed by atoms with van der Waals surface area (Å²) in [6, 6.07) is 76.9. The van der Waals surface area contributed by atoms with E-state index in [1.165, 1.54) is 46.5 Å². The SMILES string of the molecule is CC[n+]1ccc(-c2ccc(-c3ccc(-c4ccc(NC(=O)c5ccc(C(=O)Nc6ccc(-c7ccc(-c8ccc(-c9cc[n+](CC)cc9)cc8)cc7)cc6)cc5)cc4)cc3)cc2)cc1.Cc1ccc(S(=O)(=O)[O-])cc1.Cc1ccc(S(=O)(=O)[O-])cc1. The molecular weight excluding hydrogens is 1110 g/mol. The molecule has 0 saturated carbocycles. The quantitative estimate of drug-likeness (QED) is 0.0797. The van der Waals surface area contributed by atoms with Gasteiger partial charge in [-0.2, -0.15) is 0 Å². The van der Waals surface area contributed by atoms with Crippen LogP contribution in [0.2, 0.25) is 0 Å². The van der Waals surface area contributed by atoms with E-state index >= 15 is 0 Å². The highest BCUT2D eigenvalue weighted by Crippen LogP contribution is 2.31. The lowest BCUT2D eigenvalue weighted by atomic mass is 9.98. The second-order valence-corrected chi connectivity index (χ2v) is 23.1. The number of nitrogens with zero attached hydrogens (tertiary/aromatic N) is 2. The minimum absolute atomic E-state index is 0.178. The maximum atomic E-state index is 13.1. The Labute approximate surface area is 502 Å². The van der Waals surface area contributed by atoms with Gasteiger partial charge in [-0.05, 0) is 167 Å². The number of pyridine rings is 2. The van der Waals surface area contributed by atoms with E-state index in [4.69, 9.17) is 0 Å². The van der Waals surface area contributed by atoms with Gasteiger partial charge in [0, 0.05) is 46.8 Å². The molecule has 2 heterocycles. The Morgan fingerprint density at radius 3 is 0.709 bits per heavy atom. The fourth-order valence-corrected chi connectivity index (χ4v) is 10.2. The van der Waals surface area contributed by atoms with Crippen LogP contribution in [0.15, 0.2) is 277 Å². The molecule has 0 fully saturated rings. The van der Waals surface area contributed by atoms with Crippen LogP contribution in [-0.4, -0.2) is 37.8 Å². The second kappa shape index (κ2) is 27.6. The van der Waals surface area contributed by atoms with E-state index in [0.29, 0.717) is 22.5 Å². The van der Waals surface area contributed by atoms with Gasteiger partial charge in [-0.1, -0.05) is 157 Å². The van der Waals surface area contributed by atoms with E-state index in [2.05, 4.69) is 180 Å². The molecule has 2 amide bonds. The van der Waals surface area contributed by atoms with Crippen LogP contribution in [0.4, 0.5) is 11.4 Å². The molecule has 2 N–H and O–H groups in total. The average molecular weight is 1180 g/mol. The molecule has 11 aromatic rings. The predicted molar refractivity (Wildman–Crippen MR) is 338 cm³/mol. The van der Waals surface area contributed by atoms with E-state index in [1.807, 2.05) is 62.4 Å². The second-order valence-electron chi connectivity index (χ2n) is 20.3. The first-order valence-electron chi connectivity index (χ1n) is 27.8. The molecule has 0 saturated heterocycles. The molecule has 0 spiro atoms. The largest absolute Gasteiger partial charge is 0.744 e. The highest BCUT2D eigenvalue weighted by Gasteiger charge is 2.12. The minimum Gasteiger partial charge on any atom is -0.744 e. The molecule has 0 aliphatic rings. The molecule has 0 aliphatic heterocycles. The van der Waals surface area contributed by atoms with Crippen LogP contribution in [0.3, 0.4) is 0 Å². The van der Waals surface area contributed by atoms with Gasteiger partial charge in [0.2, 0.25) is 0 Å². The fourth-order valence-electron chi connectivity index (χ4n) is 9.22. The van der Waals surface area contributed by atoms with Crippen molar-refractivity contribution in [2.45, 2.75) is 50.6 Å². The number of carbonyl (C=O) groups excluding carboxylic acids is 2. The summed E-state index contributed by atoms with van der Waals surface area (Å²) >= 11 is 0. The summed E-state index contributed by atoms with van der Waals surface area (Å²) in [6.07, 6.45) is 8.44. The first-order chi connectivity index (χ1) is 41.4. The molecule has 2 aromatic heterocycles. The van der Waals surface area contributed by atoms with Gasteiger partial charge in [0.15, 0.2) is 24.8 Å². The lowest BCUT2D eigenvalue weighted by molar-refractivity contribution is -0.693. The zero-order valence-electron chi connectivity index (χ0n) is 47.8. The predicted octanol–water partition coefficient (Wildman–Crippen LogP) is 14.6. The van der Waals surface area contributed by atoms with Crippen molar-refractivity contribution < 1.29 is 44.7 Å². The molecule has 12 nitrogen and oxygen atoms in total. The molecule has 430 valence electrons. The van der Waals surface area contributed by atoms with E-state index < -0.39 is 20.2 Å². The van der Waals surface area contributed by atoms with Gasteiger partial charge in [0.25, 0.3) is 11.8 Å². The number of hydrogen-bond acceptors (Lipinski definition) is 8. The normalized spacial score (nSPS) is 11.0. The topological polar surface area (TPSA) is 180 Å².